The predicted molar refractivity (Wildman–Crippen MR) is 196 cm³/mol. The largest absolute Gasteiger partial charge is 0.496 e. The van der Waals surface area contributed by atoms with E-state index >= 15 is 0 Å². The number of hydrogen-bond donors (Lipinski definition) is 2. The van der Waals surface area contributed by atoms with Gasteiger partial charge in [0.25, 0.3) is 5.56 Å². The minimum Gasteiger partial charge on any atom is -0.496 e. The first kappa shape index (κ1) is 35.2. The topological polar surface area (TPSA) is 144 Å². The fraction of sp³-hybridized carbons (Fsp3) is 0.462. The normalized spacial score (nSPS) is 19.7. The Bertz CT molecular complexity index is 1900. The zero-order valence-corrected chi connectivity index (χ0v) is 30.0. The Balaban J connectivity index is 0.896. The lowest BCUT2D eigenvalue weighted by Crippen LogP contribution is -2.47. The molecule has 7 rings (SSSR count). The van der Waals surface area contributed by atoms with E-state index in [4.69, 9.17) is 14.2 Å². The number of piperidine rings is 3. The van der Waals surface area contributed by atoms with Crippen LogP contribution in [-0.4, -0.2) is 91.0 Å². The molecule has 5 heterocycles. The number of hydrogen-bond acceptors (Lipinski definition) is 10. The summed E-state index contributed by atoms with van der Waals surface area (Å²) in [6, 6.07) is 11.7. The average molecular weight is 711 g/mol. The monoisotopic (exact) mass is 710 g/mol. The third kappa shape index (κ3) is 7.41. The number of ether oxygens (including phenoxy) is 3. The van der Waals surface area contributed by atoms with Crippen molar-refractivity contribution in [3.05, 3.63) is 75.2 Å². The third-order valence-electron chi connectivity index (χ3n) is 10.8. The van der Waals surface area contributed by atoms with Gasteiger partial charge < -0.3 is 29.0 Å². The van der Waals surface area contributed by atoms with E-state index in [9.17, 15) is 19.2 Å². The van der Waals surface area contributed by atoms with Crippen LogP contribution in [0.25, 0.3) is 11.1 Å². The molecule has 274 valence electrons. The molecule has 13 nitrogen and oxygen atoms in total. The number of carbonyl (C=O) groups is 3. The van der Waals surface area contributed by atoms with E-state index in [1.165, 1.54) is 5.56 Å². The van der Waals surface area contributed by atoms with Crippen molar-refractivity contribution in [2.45, 2.75) is 69.7 Å². The van der Waals surface area contributed by atoms with Gasteiger partial charge in [-0.05, 0) is 73.4 Å². The molecule has 2 N–H and O–H groups in total. The van der Waals surface area contributed by atoms with E-state index in [0.29, 0.717) is 62.0 Å². The molecule has 0 saturated carbocycles. The van der Waals surface area contributed by atoms with Crippen molar-refractivity contribution in [3.8, 4) is 22.6 Å². The number of aromatic nitrogens is 1. The number of benzene rings is 2. The molecule has 0 bridgehead atoms. The Labute approximate surface area is 302 Å². The summed E-state index contributed by atoms with van der Waals surface area (Å²) in [7, 11) is 5.07. The van der Waals surface area contributed by atoms with E-state index in [1.807, 2.05) is 35.4 Å². The lowest BCUT2D eigenvalue weighted by Gasteiger charge is -2.35. The Morgan fingerprint density at radius 2 is 1.63 bits per heavy atom. The SMILES string of the molecule is COc1cc(-c2cn(C)c(=O)c3c2C=NC3)cc(OC)c1CN1CCC(OC(=O)N2CCC(c3ccc(NC4CCC(=O)NC4=O)cc3)CC2)CC1. The molecule has 4 aliphatic rings. The van der Waals surface area contributed by atoms with Crippen molar-refractivity contribution < 1.29 is 28.6 Å². The summed E-state index contributed by atoms with van der Waals surface area (Å²) in [5, 5.41) is 5.60. The molecular formula is C39H46N6O7. The van der Waals surface area contributed by atoms with Crippen LogP contribution in [0.1, 0.15) is 66.7 Å². The van der Waals surface area contributed by atoms with Crippen LogP contribution in [0.4, 0.5) is 10.5 Å². The van der Waals surface area contributed by atoms with Crippen molar-refractivity contribution in [2.75, 3.05) is 45.7 Å². The van der Waals surface area contributed by atoms with Crippen molar-refractivity contribution >= 4 is 29.8 Å². The Kier molecular flexibility index (Phi) is 10.3. The number of pyridine rings is 1. The number of fused-ring (bicyclic) bond motifs is 1. The lowest BCUT2D eigenvalue weighted by molar-refractivity contribution is -0.133. The quantitative estimate of drug-likeness (QED) is 0.313. The number of amides is 3. The van der Waals surface area contributed by atoms with E-state index in [1.54, 1.807) is 32.0 Å². The molecule has 3 amide bonds. The zero-order valence-electron chi connectivity index (χ0n) is 30.0. The van der Waals surface area contributed by atoms with E-state index in [0.717, 1.165) is 66.7 Å². The second-order valence-electron chi connectivity index (χ2n) is 14.1. The average Bonchev–Trinajstić information content (AvgIpc) is 3.66. The molecule has 1 aromatic heterocycles. The van der Waals surface area contributed by atoms with Crippen LogP contribution in [0.5, 0.6) is 11.5 Å². The van der Waals surface area contributed by atoms with Gasteiger partial charge in [0.15, 0.2) is 0 Å². The molecule has 0 spiro atoms. The maximum Gasteiger partial charge on any atom is 0.410 e. The molecule has 52 heavy (non-hydrogen) atoms. The van der Waals surface area contributed by atoms with Gasteiger partial charge in [0.05, 0.1) is 26.3 Å². The van der Waals surface area contributed by atoms with E-state index in [2.05, 4.69) is 32.7 Å². The van der Waals surface area contributed by atoms with Crippen LogP contribution in [0.3, 0.4) is 0 Å². The van der Waals surface area contributed by atoms with Gasteiger partial charge in [0, 0.05) is 81.0 Å². The standard InChI is InChI=1S/C39H46N6O7/c1-43-22-31(29-20-40-21-30(29)38(43)48)26-18-34(50-2)32(35(19-26)51-3)23-44-14-12-28(13-15-44)52-39(49)45-16-10-25(11-17-45)24-4-6-27(7-5-24)41-33-8-9-36(46)42-37(33)47/h4-7,18-20,22,25,28,33,41H,8-17,21,23H2,1-3H3,(H,42,46,47). The number of aliphatic imine (C=N–C) groups is 1. The van der Waals surface area contributed by atoms with Crippen LogP contribution in [0.15, 0.2) is 52.4 Å². The maximum atomic E-state index is 13.2. The highest BCUT2D eigenvalue weighted by atomic mass is 16.6. The number of nitrogens with one attached hydrogen (secondary N) is 2. The van der Waals surface area contributed by atoms with Crippen LogP contribution in [0, 0.1) is 0 Å². The summed E-state index contributed by atoms with van der Waals surface area (Å²) in [6.07, 6.45) is 7.25. The van der Waals surface area contributed by atoms with Crippen LogP contribution in [-0.2, 0) is 34.5 Å². The number of likely N-dealkylation sites (tertiary alicyclic amines) is 2. The smallest absolute Gasteiger partial charge is 0.410 e. The van der Waals surface area contributed by atoms with Crippen LogP contribution < -0.4 is 25.7 Å². The van der Waals surface area contributed by atoms with Crippen LogP contribution in [0.2, 0.25) is 0 Å². The first-order valence-corrected chi connectivity index (χ1v) is 18.1. The Morgan fingerprint density at radius 3 is 2.29 bits per heavy atom. The van der Waals surface area contributed by atoms with Crippen molar-refractivity contribution in [3.63, 3.8) is 0 Å². The highest BCUT2D eigenvalue weighted by Crippen LogP contribution is 2.38. The number of aryl methyl sites for hydroxylation is 1. The number of anilines is 1. The van der Waals surface area contributed by atoms with E-state index in [-0.39, 0.29) is 29.6 Å². The number of imide groups is 1. The highest BCUT2D eigenvalue weighted by molar-refractivity contribution is 6.01. The summed E-state index contributed by atoms with van der Waals surface area (Å²) in [6.45, 7) is 3.84. The molecule has 3 fully saturated rings. The highest BCUT2D eigenvalue weighted by Gasteiger charge is 2.30. The molecule has 0 radical (unpaired) electrons. The number of methoxy groups -OCH3 is 2. The van der Waals surface area contributed by atoms with Gasteiger partial charge in [0.2, 0.25) is 11.8 Å². The molecule has 13 heteroatoms. The molecule has 4 aliphatic heterocycles. The Hall–Kier alpha value is -5.17. The molecule has 3 saturated heterocycles. The molecule has 1 unspecified atom stereocenters. The minimum absolute atomic E-state index is 0.0345. The summed E-state index contributed by atoms with van der Waals surface area (Å²) in [5.41, 5.74) is 6.30. The molecule has 0 aliphatic carbocycles. The van der Waals surface area contributed by atoms with Gasteiger partial charge in [-0.2, -0.15) is 0 Å². The summed E-state index contributed by atoms with van der Waals surface area (Å²) >= 11 is 0. The lowest BCUT2D eigenvalue weighted by atomic mass is 9.89. The minimum atomic E-state index is -0.410. The van der Waals surface area contributed by atoms with Gasteiger partial charge in [-0.3, -0.25) is 29.6 Å². The second-order valence-corrected chi connectivity index (χ2v) is 14.1. The summed E-state index contributed by atoms with van der Waals surface area (Å²) < 4.78 is 19.3. The van der Waals surface area contributed by atoms with Gasteiger partial charge in [-0.25, -0.2) is 4.79 Å². The summed E-state index contributed by atoms with van der Waals surface area (Å²) in [5.74, 6) is 1.26. The second kappa shape index (κ2) is 15.2. The molecule has 3 aromatic rings. The number of nitrogens with zero attached hydrogens (tertiary/aromatic N) is 4. The van der Waals surface area contributed by atoms with Gasteiger partial charge in [0.1, 0.15) is 23.6 Å². The third-order valence-corrected chi connectivity index (χ3v) is 10.8. The van der Waals surface area contributed by atoms with Gasteiger partial charge >= 0.3 is 6.09 Å². The fourth-order valence-electron chi connectivity index (χ4n) is 7.77. The molecular weight excluding hydrogens is 664 g/mol. The maximum absolute atomic E-state index is 13.2. The molecule has 2 aromatic carbocycles. The predicted octanol–water partition coefficient (Wildman–Crippen LogP) is 4.20. The number of rotatable bonds is 9. The number of carbonyl (C=O) groups excluding carboxylic acids is 3. The van der Waals surface area contributed by atoms with Crippen molar-refractivity contribution in [1.82, 2.24) is 19.7 Å². The first-order chi connectivity index (χ1) is 25.2. The first-order valence-electron chi connectivity index (χ1n) is 18.1. The zero-order chi connectivity index (χ0) is 36.4. The van der Waals surface area contributed by atoms with Crippen molar-refractivity contribution in [2.24, 2.45) is 12.0 Å². The molecule has 1 atom stereocenters. The summed E-state index contributed by atoms with van der Waals surface area (Å²) in [4.78, 5) is 57.8. The van der Waals surface area contributed by atoms with E-state index < -0.39 is 6.04 Å². The fourth-order valence-corrected chi connectivity index (χ4v) is 7.77. The van der Waals surface area contributed by atoms with Gasteiger partial charge in [-0.1, -0.05) is 12.1 Å². The van der Waals surface area contributed by atoms with Gasteiger partial charge in [-0.15, -0.1) is 0 Å². The Morgan fingerprint density at radius 1 is 0.942 bits per heavy atom. The van der Waals surface area contributed by atoms with Crippen molar-refractivity contribution in [1.29, 1.82) is 0 Å². The van der Waals surface area contributed by atoms with Crippen LogP contribution >= 0.6 is 0 Å².